The Morgan fingerprint density at radius 3 is 2.50 bits per heavy atom. The number of hydrogen-bond acceptors (Lipinski definition) is 0. The topological polar surface area (TPSA) is 0 Å². The van der Waals surface area contributed by atoms with E-state index in [9.17, 15) is 0 Å². The molecule has 0 saturated heterocycles. The Morgan fingerprint density at radius 2 is 2.00 bits per heavy atom. The van der Waals surface area contributed by atoms with Gasteiger partial charge in [0.2, 0.25) is 0 Å². The molecular formula is C10H14BrCl3. The third kappa shape index (κ3) is 2.81. The summed E-state index contributed by atoms with van der Waals surface area (Å²) in [6.07, 6.45) is 3.67. The Kier molecular flexibility index (Phi) is 4.26. The molecule has 1 saturated carbocycles. The molecule has 0 amide bonds. The summed E-state index contributed by atoms with van der Waals surface area (Å²) in [5.74, 6) is 0.342. The van der Waals surface area contributed by atoms with Crippen LogP contribution in [0.3, 0.4) is 0 Å². The SMILES string of the molecule is C[C@]1(Cl)C[C@](C)(Br)[C@@H](/C=C/Cl)C[C@H]1Cl. The van der Waals surface area contributed by atoms with Crippen molar-refractivity contribution in [1.82, 2.24) is 0 Å². The highest BCUT2D eigenvalue weighted by Crippen LogP contribution is 2.49. The van der Waals surface area contributed by atoms with Gasteiger partial charge in [0.15, 0.2) is 0 Å². The van der Waals surface area contributed by atoms with E-state index in [1.54, 1.807) is 5.54 Å². The van der Waals surface area contributed by atoms with Crippen LogP contribution in [0.5, 0.6) is 0 Å². The van der Waals surface area contributed by atoms with Crippen LogP contribution in [0.15, 0.2) is 11.6 Å². The van der Waals surface area contributed by atoms with Crippen LogP contribution >= 0.6 is 50.7 Å². The van der Waals surface area contributed by atoms with Crippen molar-refractivity contribution in [3.05, 3.63) is 11.6 Å². The highest BCUT2D eigenvalue weighted by Gasteiger charge is 2.47. The van der Waals surface area contributed by atoms with Gasteiger partial charge in [0.1, 0.15) is 0 Å². The molecule has 0 unspecified atom stereocenters. The van der Waals surface area contributed by atoms with Gasteiger partial charge in [-0.1, -0.05) is 33.6 Å². The minimum atomic E-state index is -0.337. The van der Waals surface area contributed by atoms with Crippen molar-refractivity contribution in [2.24, 2.45) is 5.92 Å². The minimum Gasteiger partial charge on any atom is -0.121 e. The number of halogens is 4. The summed E-state index contributed by atoms with van der Waals surface area (Å²) in [5, 5.41) is -0.00680. The first kappa shape index (κ1) is 13.2. The maximum atomic E-state index is 6.35. The van der Waals surface area contributed by atoms with Crippen molar-refractivity contribution in [1.29, 1.82) is 0 Å². The normalized spacial score (nSPS) is 49.9. The second kappa shape index (κ2) is 4.53. The molecule has 0 nitrogen and oxygen atoms in total. The molecule has 4 heteroatoms. The molecule has 82 valence electrons. The molecule has 0 bridgehead atoms. The van der Waals surface area contributed by atoms with Gasteiger partial charge in [-0.25, -0.2) is 0 Å². The Morgan fingerprint density at radius 1 is 1.43 bits per heavy atom. The van der Waals surface area contributed by atoms with E-state index >= 15 is 0 Å². The number of hydrogen-bond donors (Lipinski definition) is 0. The summed E-state index contributed by atoms with van der Waals surface area (Å²) in [6.45, 7) is 4.13. The molecule has 0 radical (unpaired) electrons. The average Bonchev–Trinajstić information content (AvgIpc) is 1.99. The lowest BCUT2D eigenvalue weighted by atomic mass is 9.74. The van der Waals surface area contributed by atoms with Crippen molar-refractivity contribution < 1.29 is 0 Å². The van der Waals surface area contributed by atoms with Gasteiger partial charge in [0.25, 0.3) is 0 Å². The monoisotopic (exact) mass is 318 g/mol. The molecule has 0 N–H and O–H groups in total. The minimum absolute atomic E-state index is 0.00680. The molecule has 1 fully saturated rings. The molecule has 14 heavy (non-hydrogen) atoms. The second-order valence-electron chi connectivity index (χ2n) is 4.36. The summed E-state index contributed by atoms with van der Waals surface area (Å²) < 4.78 is -0.0136. The lowest BCUT2D eigenvalue weighted by Crippen LogP contribution is -2.47. The van der Waals surface area contributed by atoms with Crippen molar-refractivity contribution >= 4 is 50.7 Å². The summed E-state index contributed by atoms with van der Waals surface area (Å²) in [7, 11) is 0. The van der Waals surface area contributed by atoms with E-state index in [0.29, 0.717) is 5.92 Å². The van der Waals surface area contributed by atoms with Crippen LogP contribution in [0, 0.1) is 5.92 Å². The van der Waals surface area contributed by atoms with Crippen LogP contribution in [0.2, 0.25) is 0 Å². The first-order chi connectivity index (χ1) is 6.29. The number of rotatable bonds is 1. The molecule has 1 rings (SSSR count). The molecular weight excluding hydrogens is 306 g/mol. The number of alkyl halides is 3. The van der Waals surface area contributed by atoms with Crippen LogP contribution < -0.4 is 0 Å². The molecule has 0 aromatic heterocycles. The molecule has 1 aliphatic carbocycles. The fourth-order valence-corrected chi connectivity index (χ4v) is 3.89. The second-order valence-corrected chi connectivity index (χ2v) is 7.81. The van der Waals surface area contributed by atoms with Crippen molar-refractivity contribution in [2.45, 2.75) is 41.3 Å². The van der Waals surface area contributed by atoms with Gasteiger partial charge in [-0.15, -0.1) is 23.2 Å². The van der Waals surface area contributed by atoms with Gasteiger partial charge < -0.3 is 0 Å². The van der Waals surface area contributed by atoms with Gasteiger partial charge in [-0.2, -0.15) is 0 Å². The van der Waals surface area contributed by atoms with E-state index in [-0.39, 0.29) is 14.6 Å². The maximum Gasteiger partial charge on any atom is 0.0595 e. The van der Waals surface area contributed by atoms with E-state index in [2.05, 4.69) is 22.9 Å². The Balaban J connectivity index is 2.85. The first-order valence-electron chi connectivity index (χ1n) is 4.58. The zero-order chi connectivity index (χ0) is 11.0. The standard InChI is InChI=1S/C10H14BrCl3/c1-9(11)6-10(2,14)8(13)5-7(9)3-4-12/h3-4,7-8H,5-6H2,1-2H3/b4-3+/t7-,8+,9-,10-/m0/s1. The maximum absolute atomic E-state index is 6.35. The Bertz CT molecular complexity index is 236. The molecule has 0 aromatic rings. The van der Waals surface area contributed by atoms with Crippen molar-refractivity contribution in [3.8, 4) is 0 Å². The Hall–Kier alpha value is 1.09. The van der Waals surface area contributed by atoms with Crippen molar-refractivity contribution in [3.63, 3.8) is 0 Å². The first-order valence-corrected chi connectivity index (χ1v) is 6.63. The highest BCUT2D eigenvalue weighted by atomic mass is 79.9. The van der Waals surface area contributed by atoms with E-state index in [1.807, 2.05) is 13.0 Å². The lowest BCUT2D eigenvalue weighted by Gasteiger charge is -2.45. The largest absolute Gasteiger partial charge is 0.121 e. The quantitative estimate of drug-likeness (QED) is 0.602. The van der Waals surface area contributed by atoms with Crippen LogP contribution in [0.1, 0.15) is 26.7 Å². The van der Waals surface area contributed by atoms with Crippen LogP contribution in [0.4, 0.5) is 0 Å². The fourth-order valence-electron chi connectivity index (χ4n) is 2.00. The van der Waals surface area contributed by atoms with E-state index < -0.39 is 0 Å². The molecule has 0 heterocycles. The van der Waals surface area contributed by atoms with E-state index in [4.69, 9.17) is 34.8 Å². The van der Waals surface area contributed by atoms with Crippen LogP contribution in [-0.2, 0) is 0 Å². The smallest absolute Gasteiger partial charge is 0.0595 e. The van der Waals surface area contributed by atoms with Gasteiger partial charge in [0.05, 0.1) is 10.3 Å². The average molecular weight is 320 g/mol. The van der Waals surface area contributed by atoms with E-state index in [0.717, 1.165) is 12.8 Å². The van der Waals surface area contributed by atoms with Gasteiger partial charge in [0, 0.05) is 9.86 Å². The van der Waals surface area contributed by atoms with Crippen LogP contribution in [-0.4, -0.2) is 14.6 Å². The highest BCUT2D eigenvalue weighted by molar-refractivity contribution is 9.10. The Labute approximate surface area is 109 Å². The fraction of sp³-hybridized carbons (Fsp3) is 0.800. The summed E-state index contributed by atoms with van der Waals surface area (Å²) in [5.41, 5.74) is 1.56. The van der Waals surface area contributed by atoms with Crippen LogP contribution in [0.25, 0.3) is 0 Å². The lowest BCUT2D eigenvalue weighted by molar-refractivity contribution is 0.303. The van der Waals surface area contributed by atoms with Gasteiger partial charge >= 0.3 is 0 Å². The predicted octanol–water partition coefficient (Wildman–Crippen LogP) is 4.91. The van der Waals surface area contributed by atoms with Gasteiger partial charge in [-0.3, -0.25) is 0 Å². The predicted molar refractivity (Wildman–Crippen MR) is 68.9 cm³/mol. The summed E-state index contributed by atoms with van der Waals surface area (Å²) in [6, 6.07) is 0. The molecule has 1 aliphatic rings. The molecule has 0 spiro atoms. The third-order valence-corrected chi connectivity index (χ3v) is 5.07. The zero-order valence-corrected chi connectivity index (χ0v) is 12.1. The molecule has 0 aliphatic heterocycles. The third-order valence-electron chi connectivity index (χ3n) is 2.88. The van der Waals surface area contributed by atoms with Crippen molar-refractivity contribution in [2.75, 3.05) is 0 Å². The van der Waals surface area contributed by atoms with Gasteiger partial charge in [-0.05, 0) is 32.6 Å². The number of allylic oxidation sites excluding steroid dienone is 1. The zero-order valence-electron chi connectivity index (χ0n) is 8.24. The molecule has 4 atom stereocenters. The molecule has 0 aromatic carbocycles. The summed E-state index contributed by atoms with van der Waals surface area (Å²) in [4.78, 5) is -0.337. The van der Waals surface area contributed by atoms with E-state index in [1.165, 1.54) is 0 Å². The summed E-state index contributed by atoms with van der Waals surface area (Å²) >= 11 is 21.9.